The topological polar surface area (TPSA) is 64.6 Å². The van der Waals surface area contributed by atoms with Crippen molar-refractivity contribution in [2.24, 2.45) is 0 Å². The van der Waals surface area contributed by atoms with Crippen LogP contribution in [0.25, 0.3) is 0 Å². The van der Waals surface area contributed by atoms with Crippen molar-refractivity contribution in [1.29, 1.82) is 0 Å². The van der Waals surface area contributed by atoms with Crippen LogP contribution in [0.4, 0.5) is 5.69 Å². The van der Waals surface area contributed by atoms with Gasteiger partial charge in [-0.15, -0.1) is 0 Å². The van der Waals surface area contributed by atoms with Gasteiger partial charge < -0.3 is 14.8 Å². The molecule has 0 fully saturated rings. The predicted molar refractivity (Wildman–Crippen MR) is 97.1 cm³/mol. The monoisotopic (exact) mass is 341 g/mol. The Morgan fingerprint density at radius 2 is 1.68 bits per heavy atom. The number of rotatable bonds is 7. The van der Waals surface area contributed by atoms with Crippen LogP contribution in [-0.4, -0.2) is 25.6 Å². The van der Waals surface area contributed by atoms with Gasteiger partial charge in [-0.3, -0.25) is 4.79 Å². The highest BCUT2D eigenvalue weighted by atomic mass is 16.5. The lowest BCUT2D eigenvalue weighted by molar-refractivity contribution is -0.118. The number of methoxy groups -OCH3 is 1. The molecule has 0 heterocycles. The number of ether oxygens (including phenoxy) is 2. The van der Waals surface area contributed by atoms with E-state index in [0.717, 1.165) is 12.1 Å². The lowest BCUT2D eigenvalue weighted by Gasteiger charge is -2.11. The minimum atomic E-state index is -0.412. The molecule has 5 nitrogen and oxygen atoms in total. The van der Waals surface area contributed by atoms with E-state index in [1.807, 2.05) is 24.3 Å². The maximum absolute atomic E-state index is 12.0. The first-order valence-corrected chi connectivity index (χ1v) is 8.24. The molecule has 1 atom stereocenters. The van der Waals surface area contributed by atoms with E-state index in [1.165, 1.54) is 12.7 Å². The fraction of sp³-hybridized carbons (Fsp3) is 0.300. The fourth-order valence-electron chi connectivity index (χ4n) is 2.28. The Labute approximate surface area is 148 Å². The summed E-state index contributed by atoms with van der Waals surface area (Å²) in [5.41, 5.74) is 2.42. The lowest BCUT2D eigenvalue weighted by atomic mass is 9.99. The molecule has 0 saturated heterocycles. The van der Waals surface area contributed by atoms with Crippen LogP contribution < -0.4 is 10.1 Å². The molecule has 2 rings (SSSR count). The Balaban J connectivity index is 1.85. The van der Waals surface area contributed by atoms with E-state index in [4.69, 9.17) is 4.74 Å². The van der Waals surface area contributed by atoms with Crippen LogP contribution >= 0.6 is 0 Å². The fourth-order valence-corrected chi connectivity index (χ4v) is 2.28. The van der Waals surface area contributed by atoms with Crippen molar-refractivity contribution < 1.29 is 19.1 Å². The summed E-state index contributed by atoms with van der Waals surface area (Å²) in [6.07, 6.45) is 1.08. The second-order valence-corrected chi connectivity index (χ2v) is 5.78. The van der Waals surface area contributed by atoms with E-state index in [2.05, 4.69) is 23.9 Å². The molecule has 1 N–H and O–H groups in total. The summed E-state index contributed by atoms with van der Waals surface area (Å²) in [5.74, 6) is 0.356. The maximum atomic E-state index is 12.0. The van der Waals surface area contributed by atoms with Crippen molar-refractivity contribution in [2.45, 2.75) is 26.2 Å². The molecule has 0 aliphatic heterocycles. The van der Waals surface area contributed by atoms with Crippen LogP contribution in [0.2, 0.25) is 0 Å². The summed E-state index contributed by atoms with van der Waals surface area (Å²) in [7, 11) is 1.33. The molecule has 5 heteroatoms. The molecule has 0 aromatic heterocycles. The number of nitrogens with one attached hydrogen (secondary N) is 1. The summed E-state index contributed by atoms with van der Waals surface area (Å²) in [6.45, 7) is 4.22. The average molecular weight is 341 g/mol. The van der Waals surface area contributed by atoms with Gasteiger partial charge in [0.25, 0.3) is 5.91 Å². The van der Waals surface area contributed by atoms with Crippen LogP contribution in [-0.2, 0) is 9.53 Å². The summed E-state index contributed by atoms with van der Waals surface area (Å²) in [5, 5.41) is 2.80. The Morgan fingerprint density at radius 3 is 2.24 bits per heavy atom. The summed E-state index contributed by atoms with van der Waals surface area (Å²) in [6, 6.07) is 14.3. The van der Waals surface area contributed by atoms with Crippen LogP contribution in [0.15, 0.2) is 48.5 Å². The number of anilines is 1. The van der Waals surface area contributed by atoms with Gasteiger partial charge >= 0.3 is 5.97 Å². The van der Waals surface area contributed by atoms with Crippen LogP contribution in [0.1, 0.15) is 42.1 Å². The molecule has 2 aromatic rings. The molecular weight excluding hydrogens is 318 g/mol. The third kappa shape index (κ3) is 5.35. The molecular formula is C20H23NO4. The number of amides is 1. The Kier molecular flexibility index (Phi) is 6.57. The SMILES string of the molecule is CC[C@H](C)c1ccc(NC(=O)COc2ccc(C(=O)OC)cc2)cc1. The standard InChI is InChI=1S/C20H23NO4/c1-4-14(2)15-5-9-17(10-6-15)21-19(22)13-25-18-11-7-16(8-12-18)20(23)24-3/h5-12,14H,4,13H2,1-3H3,(H,21,22)/t14-/m0/s1. The van der Waals surface area contributed by atoms with E-state index < -0.39 is 5.97 Å². The molecule has 0 bridgehead atoms. The van der Waals surface area contributed by atoms with Gasteiger partial charge in [0.15, 0.2) is 6.61 Å². The number of carbonyl (C=O) groups excluding carboxylic acids is 2. The van der Waals surface area contributed by atoms with Gasteiger partial charge in [0, 0.05) is 5.69 Å². The lowest BCUT2D eigenvalue weighted by Crippen LogP contribution is -2.20. The molecule has 0 unspecified atom stereocenters. The third-order valence-corrected chi connectivity index (χ3v) is 4.02. The molecule has 0 aliphatic rings. The Hall–Kier alpha value is -2.82. The maximum Gasteiger partial charge on any atom is 0.337 e. The molecule has 2 aromatic carbocycles. The summed E-state index contributed by atoms with van der Waals surface area (Å²) < 4.78 is 10.1. The number of carbonyl (C=O) groups is 2. The highest BCUT2D eigenvalue weighted by Crippen LogP contribution is 2.20. The first kappa shape index (κ1) is 18.5. The van der Waals surface area contributed by atoms with Gasteiger partial charge in [-0.1, -0.05) is 26.0 Å². The largest absolute Gasteiger partial charge is 0.484 e. The van der Waals surface area contributed by atoms with E-state index in [1.54, 1.807) is 24.3 Å². The molecule has 0 saturated carbocycles. The number of esters is 1. The molecule has 132 valence electrons. The highest BCUT2D eigenvalue weighted by molar-refractivity contribution is 5.92. The quantitative estimate of drug-likeness (QED) is 0.773. The predicted octanol–water partition coefficient (Wildman–Crippen LogP) is 4.00. The number of hydrogen-bond acceptors (Lipinski definition) is 4. The zero-order chi connectivity index (χ0) is 18.2. The van der Waals surface area contributed by atoms with Crippen molar-refractivity contribution in [2.75, 3.05) is 19.0 Å². The Morgan fingerprint density at radius 1 is 1.04 bits per heavy atom. The summed E-state index contributed by atoms with van der Waals surface area (Å²) in [4.78, 5) is 23.3. The normalized spacial score (nSPS) is 11.5. The minimum absolute atomic E-state index is 0.106. The van der Waals surface area contributed by atoms with E-state index in [0.29, 0.717) is 17.2 Å². The molecule has 0 spiro atoms. The molecule has 0 radical (unpaired) electrons. The molecule has 1 amide bonds. The van der Waals surface area contributed by atoms with E-state index in [-0.39, 0.29) is 12.5 Å². The number of hydrogen-bond donors (Lipinski definition) is 1. The average Bonchev–Trinajstić information content (AvgIpc) is 2.66. The Bertz CT molecular complexity index is 707. The smallest absolute Gasteiger partial charge is 0.337 e. The van der Waals surface area contributed by atoms with Gasteiger partial charge in [0.2, 0.25) is 0 Å². The van der Waals surface area contributed by atoms with Crippen molar-refractivity contribution in [3.05, 3.63) is 59.7 Å². The third-order valence-electron chi connectivity index (χ3n) is 4.02. The van der Waals surface area contributed by atoms with E-state index >= 15 is 0 Å². The molecule has 0 aliphatic carbocycles. The highest BCUT2D eigenvalue weighted by Gasteiger charge is 2.08. The van der Waals surface area contributed by atoms with Gasteiger partial charge in [0.05, 0.1) is 12.7 Å². The molecule has 25 heavy (non-hydrogen) atoms. The van der Waals surface area contributed by atoms with Crippen LogP contribution in [0.5, 0.6) is 5.75 Å². The van der Waals surface area contributed by atoms with Gasteiger partial charge in [0.1, 0.15) is 5.75 Å². The van der Waals surface area contributed by atoms with Gasteiger partial charge in [-0.25, -0.2) is 4.79 Å². The van der Waals surface area contributed by atoms with Crippen molar-refractivity contribution in [3.8, 4) is 5.75 Å². The van der Waals surface area contributed by atoms with E-state index in [9.17, 15) is 9.59 Å². The first-order chi connectivity index (χ1) is 12.0. The van der Waals surface area contributed by atoms with Gasteiger partial charge in [-0.05, 0) is 54.3 Å². The second-order valence-electron chi connectivity index (χ2n) is 5.78. The van der Waals surface area contributed by atoms with Crippen LogP contribution in [0, 0.1) is 0 Å². The van der Waals surface area contributed by atoms with Crippen molar-refractivity contribution in [1.82, 2.24) is 0 Å². The summed E-state index contributed by atoms with van der Waals surface area (Å²) >= 11 is 0. The number of benzene rings is 2. The van der Waals surface area contributed by atoms with Gasteiger partial charge in [-0.2, -0.15) is 0 Å². The zero-order valence-electron chi connectivity index (χ0n) is 14.7. The zero-order valence-corrected chi connectivity index (χ0v) is 14.7. The second kappa shape index (κ2) is 8.87. The van der Waals surface area contributed by atoms with Crippen LogP contribution in [0.3, 0.4) is 0 Å². The minimum Gasteiger partial charge on any atom is -0.484 e. The first-order valence-electron chi connectivity index (χ1n) is 8.24. The van der Waals surface area contributed by atoms with Crippen molar-refractivity contribution >= 4 is 17.6 Å². The van der Waals surface area contributed by atoms with Crippen molar-refractivity contribution in [3.63, 3.8) is 0 Å².